The SMILES string of the molecule is CCc1c[nH]c(C(C)(C)C)c1. The summed E-state index contributed by atoms with van der Waals surface area (Å²) in [6, 6.07) is 2.25. The van der Waals surface area contributed by atoms with Gasteiger partial charge in [-0.25, -0.2) is 0 Å². The van der Waals surface area contributed by atoms with Crippen molar-refractivity contribution in [1.29, 1.82) is 0 Å². The molecule has 0 bridgehead atoms. The molecule has 1 heteroatoms. The van der Waals surface area contributed by atoms with Crippen LogP contribution in [-0.4, -0.2) is 4.98 Å². The molecule has 0 aliphatic carbocycles. The van der Waals surface area contributed by atoms with Crippen LogP contribution in [-0.2, 0) is 11.8 Å². The van der Waals surface area contributed by atoms with Crippen LogP contribution in [0, 0.1) is 0 Å². The zero-order chi connectivity index (χ0) is 8.48. The van der Waals surface area contributed by atoms with Gasteiger partial charge in [-0.1, -0.05) is 27.7 Å². The van der Waals surface area contributed by atoms with Crippen LogP contribution >= 0.6 is 0 Å². The molecule has 1 N–H and O–H groups in total. The quantitative estimate of drug-likeness (QED) is 0.635. The van der Waals surface area contributed by atoms with E-state index in [4.69, 9.17) is 0 Å². The third kappa shape index (κ3) is 1.86. The molecule has 1 rings (SSSR count). The number of aryl methyl sites for hydroxylation is 1. The zero-order valence-corrected chi connectivity index (χ0v) is 7.86. The first kappa shape index (κ1) is 8.38. The van der Waals surface area contributed by atoms with Gasteiger partial charge >= 0.3 is 0 Å². The molecule has 0 radical (unpaired) electrons. The van der Waals surface area contributed by atoms with Gasteiger partial charge in [-0.05, 0) is 18.1 Å². The van der Waals surface area contributed by atoms with Gasteiger partial charge in [0.1, 0.15) is 0 Å². The third-order valence-electron chi connectivity index (χ3n) is 1.96. The summed E-state index contributed by atoms with van der Waals surface area (Å²) in [5.41, 5.74) is 2.98. The fourth-order valence-corrected chi connectivity index (χ4v) is 1.08. The van der Waals surface area contributed by atoms with Gasteiger partial charge < -0.3 is 4.98 Å². The van der Waals surface area contributed by atoms with Crippen molar-refractivity contribution in [2.75, 3.05) is 0 Å². The average Bonchev–Trinajstić information content (AvgIpc) is 2.32. The summed E-state index contributed by atoms with van der Waals surface area (Å²) < 4.78 is 0. The Labute approximate surface area is 68.8 Å². The van der Waals surface area contributed by atoms with E-state index in [9.17, 15) is 0 Å². The smallest absolute Gasteiger partial charge is 0.0204 e. The van der Waals surface area contributed by atoms with Gasteiger partial charge in [-0.2, -0.15) is 0 Å². The van der Waals surface area contributed by atoms with E-state index in [1.807, 2.05) is 0 Å². The molecule has 0 aliphatic rings. The van der Waals surface area contributed by atoms with E-state index in [-0.39, 0.29) is 5.41 Å². The molecule has 0 amide bonds. The molecule has 0 aromatic carbocycles. The average molecular weight is 151 g/mol. The highest BCUT2D eigenvalue weighted by molar-refractivity contribution is 5.21. The van der Waals surface area contributed by atoms with Crippen molar-refractivity contribution in [3.8, 4) is 0 Å². The first-order chi connectivity index (χ1) is 5.04. The fourth-order valence-electron chi connectivity index (χ4n) is 1.08. The molecule has 0 atom stereocenters. The molecule has 0 unspecified atom stereocenters. The summed E-state index contributed by atoms with van der Waals surface area (Å²) in [7, 11) is 0. The van der Waals surface area contributed by atoms with Crippen molar-refractivity contribution in [1.82, 2.24) is 4.98 Å². The van der Waals surface area contributed by atoms with Crippen molar-refractivity contribution < 1.29 is 0 Å². The van der Waals surface area contributed by atoms with Gasteiger partial charge in [-0.3, -0.25) is 0 Å². The van der Waals surface area contributed by atoms with Crippen LogP contribution in [0.25, 0.3) is 0 Å². The van der Waals surface area contributed by atoms with Crippen molar-refractivity contribution >= 4 is 0 Å². The van der Waals surface area contributed by atoms with E-state index in [0.717, 1.165) is 6.42 Å². The summed E-state index contributed by atoms with van der Waals surface area (Å²) in [4.78, 5) is 3.30. The Hall–Kier alpha value is -0.720. The van der Waals surface area contributed by atoms with Crippen LogP contribution < -0.4 is 0 Å². The van der Waals surface area contributed by atoms with E-state index in [2.05, 4.69) is 44.9 Å². The maximum absolute atomic E-state index is 3.30. The number of hydrogen-bond donors (Lipinski definition) is 1. The monoisotopic (exact) mass is 151 g/mol. The van der Waals surface area contributed by atoms with Crippen molar-refractivity contribution in [2.45, 2.75) is 39.5 Å². The lowest BCUT2D eigenvalue weighted by Gasteiger charge is -2.15. The normalized spacial score (nSPS) is 12.0. The van der Waals surface area contributed by atoms with Crippen LogP contribution in [0.2, 0.25) is 0 Å². The van der Waals surface area contributed by atoms with E-state index < -0.39 is 0 Å². The highest BCUT2D eigenvalue weighted by Gasteiger charge is 2.14. The van der Waals surface area contributed by atoms with Crippen molar-refractivity contribution in [3.63, 3.8) is 0 Å². The summed E-state index contributed by atoms with van der Waals surface area (Å²) in [5, 5.41) is 0. The van der Waals surface area contributed by atoms with E-state index in [0.29, 0.717) is 0 Å². The predicted octanol–water partition coefficient (Wildman–Crippen LogP) is 2.87. The first-order valence-electron chi connectivity index (χ1n) is 4.22. The Morgan fingerprint density at radius 1 is 1.36 bits per heavy atom. The predicted molar refractivity (Wildman–Crippen MR) is 48.9 cm³/mol. The van der Waals surface area contributed by atoms with Gasteiger partial charge in [0.2, 0.25) is 0 Å². The minimum atomic E-state index is 0.257. The lowest BCUT2D eigenvalue weighted by atomic mass is 9.92. The second kappa shape index (κ2) is 2.72. The maximum Gasteiger partial charge on any atom is 0.0204 e. The van der Waals surface area contributed by atoms with Crippen LogP contribution in [0.4, 0.5) is 0 Å². The van der Waals surface area contributed by atoms with Gasteiger partial charge in [0.25, 0.3) is 0 Å². The summed E-state index contributed by atoms with van der Waals surface area (Å²) >= 11 is 0. The number of rotatable bonds is 1. The summed E-state index contributed by atoms with van der Waals surface area (Å²) in [6.45, 7) is 8.84. The Bertz CT molecular complexity index is 227. The van der Waals surface area contributed by atoms with Crippen LogP contribution in [0.1, 0.15) is 39.0 Å². The first-order valence-corrected chi connectivity index (χ1v) is 4.22. The summed E-state index contributed by atoms with van der Waals surface area (Å²) in [6.07, 6.45) is 3.22. The number of aromatic nitrogens is 1. The number of hydrogen-bond acceptors (Lipinski definition) is 0. The molecule has 1 nitrogen and oxygen atoms in total. The lowest BCUT2D eigenvalue weighted by Crippen LogP contribution is -2.10. The number of nitrogens with one attached hydrogen (secondary N) is 1. The molecule has 1 aromatic rings. The molecular formula is C10H17N. The molecule has 0 saturated carbocycles. The zero-order valence-electron chi connectivity index (χ0n) is 7.86. The van der Waals surface area contributed by atoms with Crippen molar-refractivity contribution in [2.24, 2.45) is 0 Å². The molecule has 0 fully saturated rings. The van der Waals surface area contributed by atoms with Crippen molar-refractivity contribution in [3.05, 3.63) is 23.5 Å². The van der Waals surface area contributed by atoms with E-state index in [1.165, 1.54) is 11.3 Å². The van der Waals surface area contributed by atoms with E-state index >= 15 is 0 Å². The van der Waals surface area contributed by atoms with Gasteiger partial charge in [0.05, 0.1) is 0 Å². The molecule has 1 heterocycles. The van der Waals surface area contributed by atoms with Gasteiger partial charge in [-0.15, -0.1) is 0 Å². The molecule has 1 aromatic heterocycles. The highest BCUT2D eigenvalue weighted by atomic mass is 14.7. The van der Waals surface area contributed by atoms with Gasteiger partial charge in [0, 0.05) is 17.3 Å². The van der Waals surface area contributed by atoms with Gasteiger partial charge in [0.15, 0.2) is 0 Å². The molecule has 0 spiro atoms. The second-order valence-electron chi connectivity index (χ2n) is 4.03. The molecule has 11 heavy (non-hydrogen) atoms. The number of H-pyrrole nitrogens is 1. The topological polar surface area (TPSA) is 15.8 Å². The standard InChI is InChI=1S/C10H17N/c1-5-8-6-9(11-7-8)10(2,3)4/h6-7,11H,5H2,1-4H3. The molecular weight excluding hydrogens is 134 g/mol. The highest BCUT2D eigenvalue weighted by Crippen LogP contribution is 2.21. The fraction of sp³-hybridized carbons (Fsp3) is 0.600. The summed E-state index contributed by atoms with van der Waals surface area (Å²) in [5.74, 6) is 0. The van der Waals surface area contributed by atoms with Crippen LogP contribution in [0.3, 0.4) is 0 Å². The second-order valence-corrected chi connectivity index (χ2v) is 4.03. The Kier molecular flexibility index (Phi) is 2.08. The Morgan fingerprint density at radius 3 is 2.27 bits per heavy atom. The number of aromatic amines is 1. The largest absolute Gasteiger partial charge is 0.364 e. The van der Waals surface area contributed by atoms with E-state index in [1.54, 1.807) is 0 Å². The minimum Gasteiger partial charge on any atom is -0.364 e. The molecule has 0 aliphatic heterocycles. The minimum absolute atomic E-state index is 0.257. The van der Waals surface area contributed by atoms with Crippen LogP contribution in [0.5, 0.6) is 0 Å². The maximum atomic E-state index is 3.30. The molecule has 62 valence electrons. The molecule has 0 saturated heterocycles. The third-order valence-corrected chi connectivity index (χ3v) is 1.96. The Morgan fingerprint density at radius 2 is 2.00 bits per heavy atom. The van der Waals surface area contributed by atoms with Crippen LogP contribution in [0.15, 0.2) is 12.3 Å². The lowest BCUT2D eigenvalue weighted by molar-refractivity contribution is 0.572. The Balaban J connectivity index is 2.89.